The van der Waals surface area contributed by atoms with Crippen LogP contribution in [0.4, 0.5) is 5.82 Å². The van der Waals surface area contributed by atoms with Crippen LogP contribution in [-0.2, 0) is 9.47 Å². The van der Waals surface area contributed by atoms with Crippen molar-refractivity contribution >= 4 is 29.4 Å². The third kappa shape index (κ3) is 5.38. The number of piperazine rings is 1. The van der Waals surface area contributed by atoms with Crippen LogP contribution in [0.15, 0.2) is 30.5 Å². The summed E-state index contributed by atoms with van der Waals surface area (Å²) >= 11 is 6.03. The van der Waals surface area contributed by atoms with Gasteiger partial charge in [0.15, 0.2) is 0 Å². The van der Waals surface area contributed by atoms with E-state index in [-0.39, 0.29) is 6.02 Å². The molecule has 0 saturated carbocycles. The van der Waals surface area contributed by atoms with Crippen LogP contribution in [0.5, 0.6) is 0 Å². The van der Waals surface area contributed by atoms with E-state index in [1.807, 2.05) is 25.7 Å². The van der Waals surface area contributed by atoms with E-state index in [9.17, 15) is 4.79 Å². The number of halogens is 1. The van der Waals surface area contributed by atoms with Crippen LogP contribution in [0.2, 0.25) is 5.15 Å². The summed E-state index contributed by atoms with van der Waals surface area (Å²) in [5.41, 5.74) is 1.38. The van der Waals surface area contributed by atoms with Crippen molar-refractivity contribution in [3.8, 4) is 11.3 Å². The summed E-state index contributed by atoms with van der Waals surface area (Å²) in [5, 5.41) is 8.53. The highest BCUT2D eigenvalue weighted by Crippen LogP contribution is 2.26. The zero-order chi connectivity index (χ0) is 21.9. The van der Waals surface area contributed by atoms with Crippen LogP contribution < -0.4 is 4.90 Å². The average molecular weight is 432 g/mol. The number of esters is 1. The van der Waals surface area contributed by atoms with Crippen LogP contribution in [0.3, 0.4) is 0 Å². The number of hydrogen-bond donors (Lipinski definition) is 1. The van der Waals surface area contributed by atoms with Gasteiger partial charge in [-0.3, -0.25) is 5.41 Å². The second-order valence-corrected chi connectivity index (χ2v) is 8.34. The molecule has 1 N–H and O–H groups in total. The minimum Gasteiger partial charge on any atom is -0.465 e. The van der Waals surface area contributed by atoms with Crippen molar-refractivity contribution in [2.75, 3.05) is 38.2 Å². The molecular weight excluding hydrogens is 406 g/mol. The molecule has 0 aliphatic carbocycles. The molecule has 1 fully saturated rings. The molecule has 0 radical (unpaired) electrons. The molecule has 1 aliphatic rings. The lowest BCUT2D eigenvalue weighted by atomic mass is 10.1. The fourth-order valence-corrected chi connectivity index (χ4v) is 3.29. The van der Waals surface area contributed by atoms with E-state index in [4.69, 9.17) is 31.5 Å². The zero-order valence-corrected chi connectivity index (χ0v) is 18.4. The molecule has 2 aromatic rings. The Bertz CT molecular complexity index is 936. The van der Waals surface area contributed by atoms with Crippen LogP contribution in [-0.4, -0.2) is 65.7 Å². The van der Waals surface area contributed by atoms with Gasteiger partial charge in [0.05, 0.1) is 18.4 Å². The molecule has 0 bridgehead atoms. The van der Waals surface area contributed by atoms with Gasteiger partial charge in [-0.1, -0.05) is 11.6 Å². The SMILES string of the molecule is COC(=O)c1cc(-c2ccnc(Cl)c2)nc(N2CCN(C(=N)OC(C)(C)C)CC2)c1. The fraction of sp³-hybridized carbons (Fsp3) is 0.429. The van der Waals surface area contributed by atoms with E-state index in [0.717, 1.165) is 5.56 Å². The van der Waals surface area contributed by atoms with Crippen molar-refractivity contribution in [2.45, 2.75) is 26.4 Å². The van der Waals surface area contributed by atoms with Gasteiger partial charge in [-0.15, -0.1) is 0 Å². The number of hydrogen-bond acceptors (Lipinski definition) is 7. The molecule has 0 amide bonds. The maximum absolute atomic E-state index is 12.2. The highest BCUT2D eigenvalue weighted by molar-refractivity contribution is 6.29. The second-order valence-electron chi connectivity index (χ2n) is 7.95. The first kappa shape index (κ1) is 21.8. The topological polar surface area (TPSA) is 91.6 Å². The smallest absolute Gasteiger partial charge is 0.338 e. The van der Waals surface area contributed by atoms with Gasteiger partial charge in [0.2, 0.25) is 0 Å². The van der Waals surface area contributed by atoms with Crippen molar-refractivity contribution in [3.63, 3.8) is 0 Å². The predicted octanol–water partition coefficient (Wildman–Crippen LogP) is 3.46. The number of ether oxygens (including phenoxy) is 2. The number of methoxy groups -OCH3 is 1. The normalized spacial score (nSPS) is 14.4. The number of nitrogens with zero attached hydrogens (tertiary/aromatic N) is 4. The van der Waals surface area contributed by atoms with Gasteiger partial charge in [0, 0.05) is 37.9 Å². The summed E-state index contributed by atoms with van der Waals surface area (Å²) in [6, 6.07) is 7.08. The number of pyridine rings is 2. The zero-order valence-electron chi connectivity index (χ0n) is 17.6. The quantitative estimate of drug-likeness (QED) is 0.344. The number of amidine groups is 1. The van der Waals surface area contributed by atoms with E-state index in [1.54, 1.807) is 30.5 Å². The molecule has 1 aliphatic heterocycles. The van der Waals surface area contributed by atoms with Crippen LogP contribution >= 0.6 is 11.6 Å². The van der Waals surface area contributed by atoms with Gasteiger partial charge in [-0.25, -0.2) is 14.8 Å². The van der Waals surface area contributed by atoms with E-state index < -0.39 is 11.6 Å². The molecule has 2 aromatic heterocycles. The number of anilines is 1. The van der Waals surface area contributed by atoms with Crippen LogP contribution in [0, 0.1) is 5.41 Å². The first-order valence-electron chi connectivity index (χ1n) is 9.66. The Balaban J connectivity index is 1.83. The molecule has 9 heteroatoms. The molecule has 3 heterocycles. The minimum atomic E-state index is -0.431. The Labute approximate surface area is 181 Å². The number of carbonyl (C=O) groups excluding carboxylic acids is 1. The summed E-state index contributed by atoms with van der Waals surface area (Å²) in [4.78, 5) is 24.9. The van der Waals surface area contributed by atoms with E-state index in [2.05, 4.69) is 9.88 Å². The summed E-state index contributed by atoms with van der Waals surface area (Å²) in [6.07, 6.45) is 1.60. The van der Waals surface area contributed by atoms with Gasteiger partial charge in [-0.05, 0) is 45.0 Å². The maximum atomic E-state index is 12.2. The number of aromatic nitrogens is 2. The lowest BCUT2D eigenvalue weighted by Crippen LogP contribution is -2.50. The number of rotatable bonds is 3. The van der Waals surface area contributed by atoms with Crippen molar-refractivity contribution in [2.24, 2.45) is 0 Å². The van der Waals surface area contributed by atoms with Crippen molar-refractivity contribution < 1.29 is 14.3 Å². The number of carbonyl (C=O) groups is 1. The van der Waals surface area contributed by atoms with Gasteiger partial charge in [0.25, 0.3) is 6.02 Å². The molecule has 160 valence electrons. The summed E-state index contributed by atoms with van der Waals surface area (Å²) in [6.45, 7) is 8.30. The lowest BCUT2D eigenvalue weighted by Gasteiger charge is -2.37. The maximum Gasteiger partial charge on any atom is 0.338 e. The van der Waals surface area contributed by atoms with Crippen LogP contribution in [0.1, 0.15) is 31.1 Å². The first-order valence-corrected chi connectivity index (χ1v) is 10.0. The van der Waals surface area contributed by atoms with Crippen LogP contribution in [0.25, 0.3) is 11.3 Å². The van der Waals surface area contributed by atoms with Crippen molar-refractivity contribution in [1.82, 2.24) is 14.9 Å². The molecule has 0 unspecified atom stereocenters. The van der Waals surface area contributed by atoms with E-state index >= 15 is 0 Å². The summed E-state index contributed by atoms with van der Waals surface area (Å²) in [5.74, 6) is 0.239. The van der Waals surface area contributed by atoms with Crippen molar-refractivity contribution in [1.29, 1.82) is 5.41 Å². The molecule has 0 atom stereocenters. The Morgan fingerprint density at radius 3 is 2.47 bits per heavy atom. The summed E-state index contributed by atoms with van der Waals surface area (Å²) in [7, 11) is 1.35. The monoisotopic (exact) mass is 431 g/mol. The first-order chi connectivity index (χ1) is 14.2. The lowest BCUT2D eigenvalue weighted by molar-refractivity contribution is 0.0600. The minimum absolute atomic E-state index is 0.172. The molecule has 3 rings (SSSR count). The largest absolute Gasteiger partial charge is 0.465 e. The molecule has 30 heavy (non-hydrogen) atoms. The number of nitrogens with one attached hydrogen (secondary N) is 1. The van der Waals surface area contributed by atoms with E-state index in [0.29, 0.717) is 48.4 Å². The molecule has 8 nitrogen and oxygen atoms in total. The van der Waals surface area contributed by atoms with Gasteiger partial charge < -0.3 is 19.3 Å². The average Bonchev–Trinajstić information content (AvgIpc) is 2.71. The Morgan fingerprint density at radius 1 is 1.17 bits per heavy atom. The highest BCUT2D eigenvalue weighted by Gasteiger charge is 2.25. The highest BCUT2D eigenvalue weighted by atomic mass is 35.5. The molecule has 1 saturated heterocycles. The Hall–Kier alpha value is -2.87. The Morgan fingerprint density at radius 2 is 1.87 bits per heavy atom. The van der Waals surface area contributed by atoms with E-state index in [1.165, 1.54) is 7.11 Å². The fourth-order valence-electron chi connectivity index (χ4n) is 3.12. The third-order valence-electron chi connectivity index (χ3n) is 4.55. The summed E-state index contributed by atoms with van der Waals surface area (Å²) < 4.78 is 10.6. The van der Waals surface area contributed by atoms with Crippen molar-refractivity contribution in [3.05, 3.63) is 41.2 Å². The molecule has 0 spiro atoms. The Kier molecular flexibility index (Phi) is 6.45. The van der Waals surface area contributed by atoms with Gasteiger partial charge >= 0.3 is 5.97 Å². The van der Waals surface area contributed by atoms with Gasteiger partial charge in [-0.2, -0.15) is 0 Å². The standard InChI is InChI=1S/C21H26ClN5O3/c1-21(2,3)30-20(23)27-9-7-26(8-10-27)18-13-15(19(28)29-4)11-16(25-18)14-5-6-24-17(22)12-14/h5-6,11-13,23H,7-10H2,1-4H3. The second kappa shape index (κ2) is 8.87. The van der Waals surface area contributed by atoms with Gasteiger partial charge in [0.1, 0.15) is 16.6 Å². The third-order valence-corrected chi connectivity index (χ3v) is 4.76. The predicted molar refractivity (Wildman–Crippen MR) is 116 cm³/mol. The molecular formula is C21H26ClN5O3. The molecule has 0 aromatic carbocycles.